The maximum atomic E-state index is 6.47. The minimum atomic E-state index is 0.0704. The van der Waals surface area contributed by atoms with Crippen LogP contribution in [-0.4, -0.2) is 24.9 Å². The molecule has 1 aliphatic rings. The molecule has 0 aliphatic heterocycles. The van der Waals surface area contributed by atoms with E-state index in [1.165, 1.54) is 26.1 Å². The van der Waals surface area contributed by atoms with Gasteiger partial charge in [0.15, 0.2) is 28.6 Å². The average molecular weight is 728 g/mol. The van der Waals surface area contributed by atoms with E-state index in [-0.39, 0.29) is 5.92 Å². The molecule has 0 saturated carbocycles. The number of oxazole rings is 2. The summed E-state index contributed by atoms with van der Waals surface area (Å²) in [5.74, 6) is 3.18. The first kappa shape index (κ1) is 31.5. The summed E-state index contributed by atoms with van der Waals surface area (Å²) in [4.78, 5) is 25.7. The van der Waals surface area contributed by atoms with Crippen LogP contribution in [0.3, 0.4) is 0 Å². The van der Waals surface area contributed by atoms with Gasteiger partial charge in [-0.25, -0.2) is 24.9 Å². The fraction of sp³-hybridized carbons (Fsp3) is 0.0426. The van der Waals surface area contributed by atoms with Crippen molar-refractivity contribution < 1.29 is 8.83 Å². The van der Waals surface area contributed by atoms with Crippen LogP contribution >= 0.6 is 11.3 Å². The molecule has 1 aliphatic carbocycles. The van der Waals surface area contributed by atoms with Crippen LogP contribution < -0.4 is 0 Å². The molecule has 7 nitrogen and oxygen atoms in total. The number of nitrogens with zero attached hydrogens (tertiary/aromatic N) is 5. The third-order valence-electron chi connectivity index (χ3n) is 10.1. The van der Waals surface area contributed by atoms with E-state index in [2.05, 4.69) is 48.6 Å². The maximum absolute atomic E-state index is 6.47. The lowest BCUT2D eigenvalue weighted by molar-refractivity contribution is 0.502. The van der Waals surface area contributed by atoms with Gasteiger partial charge in [-0.15, -0.1) is 11.3 Å². The molecule has 11 rings (SSSR count). The summed E-state index contributed by atoms with van der Waals surface area (Å²) in [6.07, 6.45) is 5.35. The van der Waals surface area contributed by atoms with Crippen molar-refractivity contribution in [2.75, 3.05) is 0 Å². The average Bonchev–Trinajstić information content (AvgIpc) is 3.99. The molecule has 4 aromatic heterocycles. The summed E-state index contributed by atoms with van der Waals surface area (Å²) in [7, 11) is 0. The van der Waals surface area contributed by atoms with E-state index < -0.39 is 0 Å². The lowest BCUT2D eigenvalue weighted by Crippen LogP contribution is -2.02. The molecule has 260 valence electrons. The van der Waals surface area contributed by atoms with E-state index in [9.17, 15) is 0 Å². The normalized spacial score (nSPS) is 13.9. The second kappa shape index (κ2) is 12.8. The number of hydrogen-bond donors (Lipinski definition) is 0. The summed E-state index contributed by atoms with van der Waals surface area (Å²) >= 11 is 1.83. The molecule has 1 unspecified atom stereocenters. The Balaban J connectivity index is 0.958. The molecule has 4 heterocycles. The van der Waals surface area contributed by atoms with Crippen molar-refractivity contribution in [3.05, 3.63) is 168 Å². The zero-order valence-electron chi connectivity index (χ0n) is 29.3. The highest BCUT2D eigenvalue weighted by Crippen LogP contribution is 2.47. The van der Waals surface area contributed by atoms with Gasteiger partial charge in [0.1, 0.15) is 11.0 Å². The molecule has 0 N–H and O–H groups in total. The van der Waals surface area contributed by atoms with Crippen LogP contribution in [0.5, 0.6) is 0 Å². The van der Waals surface area contributed by atoms with E-state index >= 15 is 0 Å². The maximum Gasteiger partial charge on any atom is 0.227 e. The zero-order chi connectivity index (χ0) is 36.3. The van der Waals surface area contributed by atoms with Gasteiger partial charge in [-0.2, -0.15) is 0 Å². The monoisotopic (exact) mass is 727 g/mol. The standard InChI is InChI=1S/C47H29N5O2S/c1-3-12-28(13-4-1)43-50-44(29-14-5-2-6-15-29)52-45(51-43)31-24-25-38-40(27-31)54-46(48-38)32-17-9-16-30(26-32)33-18-10-19-34-35-20-11-21-36(42(35)55-41(33)34)47-49-37-22-7-8-23-39(37)53-47/h1-20,22-27,36H,21H2. The molecule has 6 aromatic carbocycles. The molecule has 55 heavy (non-hydrogen) atoms. The number of allylic oxidation sites excluding steroid dienone is 1. The predicted octanol–water partition coefficient (Wildman–Crippen LogP) is 12.3. The number of thiophene rings is 1. The first-order valence-corrected chi connectivity index (χ1v) is 19.0. The number of para-hydroxylation sites is 2. The Hall–Kier alpha value is -7.03. The first-order chi connectivity index (χ1) is 27.2. The summed E-state index contributed by atoms with van der Waals surface area (Å²) in [6, 6.07) is 48.8. The molecule has 8 heteroatoms. The summed E-state index contributed by atoms with van der Waals surface area (Å²) < 4.78 is 14.0. The second-order valence-corrected chi connectivity index (χ2v) is 14.6. The smallest absolute Gasteiger partial charge is 0.227 e. The summed E-state index contributed by atoms with van der Waals surface area (Å²) in [5, 5.41) is 1.23. The fourth-order valence-corrected chi connectivity index (χ4v) is 8.87. The predicted molar refractivity (Wildman–Crippen MR) is 219 cm³/mol. The van der Waals surface area contributed by atoms with Gasteiger partial charge in [-0.3, -0.25) is 0 Å². The van der Waals surface area contributed by atoms with Gasteiger partial charge in [0.05, 0.1) is 5.92 Å². The minimum absolute atomic E-state index is 0.0704. The second-order valence-electron chi connectivity index (χ2n) is 13.6. The van der Waals surface area contributed by atoms with E-state index in [0.29, 0.717) is 28.9 Å². The highest BCUT2D eigenvalue weighted by Gasteiger charge is 2.28. The lowest BCUT2D eigenvalue weighted by Gasteiger charge is -2.14. The zero-order valence-corrected chi connectivity index (χ0v) is 30.1. The van der Waals surface area contributed by atoms with E-state index in [4.69, 9.17) is 33.8 Å². The van der Waals surface area contributed by atoms with Crippen LogP contribution in [0.2, 0.25) is 0 Å². The third-order valence-corrected chi connectivity index (χ3v) is 11.5. The highest BCUT2D eigenvalue weighted by atomic mass is 32.1. The van der Waals surface area contributed by atoms with Crippen LogP contribution in [0.1, 0.15) is 28.7 Å². The van der Waals surface area contributed by atoms with Gasteiger partial charge in [-0.05, 0) is 65.6 Å². The minimum Gasteiger partial charge on any atom is -0.440 e. The molecular formula is C47H29N5O2S. The summed E-state index contributed by atoms with van der Waals surface area (Å²) in [5.41, 5.74) is 10.2. The van der Waals surface area contributed by atoms with Crippen molar-refractivity contribution in [1.29, 1.82) is 0 Å². The molecule has 0 amide bonds. The lowest BCUT2D eigenvalue weighted by atomic mass is 9.92. The van der Waals surface area contributed by atoms with Crippen LogP contribution in [0, 0.1) is 0 Å². The van der Waals surface area contributed by atoms with Crippen molar-refractivity contribution in [2.45, 2.75) is 12.3 Å². The quantitative estimate of drug-likeness (QED) is 0.168. The Kier molecular flexibility index (Phi) is 7.34. The molecule has 0 saturated heterocycles. The van der Waals surface area contributed by atoms with Crippen molar-refractivity contribution in [1.82, 2.24) is 24.9 Å². The SMILES string of the molecule is C1=Cc2c(sc3c(-c4cccc(-c5nc6ccc(-c7nc(-c8ccccc8)nc(-c8ccccc8)n7)cc6o5)c4)cccc23)C(c2nc3ccccc3o2)C1. The van der Waals surface area contributed by atoms with Gasteiger partial charge in [0, 0.05) is 37.2 Å². The van der Waals surface area contributed by atoms with E-state index in [1.54, 1.807) is 0 Å². The Morgan fingerprint density at radius 2 is 1.18 bits per heavy atom. The first-order valence-electron chi connectivity index (χ1n) is 18.2. The number of rotatable bonds is 6. The van der Waals surface area contributed by atoms with Crippen LogP contribution in [0.15, 0.2) is 161 Å². The van der Waals surface area contributed by atoms with Crippen LogP contribution in [-0.2, 0) is 0 Å². The number of benzene rings is 6. The van der Waals surface area contributed by atoms with Gasteiger partial charge in [0.25, 0.3) is 0 Å². The van der Waals surface area contributed by atoms with Crippen LogP contribution in [0.4, 0.5) is 0 Å². The highest BCUT2D eigenvalue weighted by molar-refractivity contribution is 7.20. The molecule has 0 spiro atoms. The van der Waals surface area contributed by atoms with Gasteiger partial charge in [-0.1, -0.05) is 115 Å². The number of hydrogen-bond acceptors (Lipinski definition) is 8. The largest absolute Gasteiger partial charge is 0.440 e. The molecule has 0 bridgehead atoms. The number of aromatic nitrogens is 5. The number of fused-ring (bicyclic) bond motifs is 5. The molecule has 0 fully saturated rings. The Morgan fingerprint density at radius 1 is 0.509 bits per heavy atom. The van der Waals surface area contributed by atoms with Crippen LogP contribution in [0.25, 0.3) is 95.1 Å². The van der Waals surface area contributed by atoms with Crippen molar-refractivity contribution in [2.24, 2.45) is 0 Å². The van der Waals surface area contributed by atoms with Gasteiger partial charge >= 0.3 is 0 Å². The van der Waals surface area contributed by atoms with Gasteiger partial charge in [0.2, 0.25) is 11.8 Å². The molecule has 1 atom stereocenters. The van der Waals surface area contributed by atoms with E-state index in [1.807, 2.05) is 121 Å². The fourth-order valence-electron chi connectivity index (χ4n) is 7.44. The molecule has 10 aromatic rings. The topological polar surface area (TPSA) is 90.7 Å². The Morgan fingerprint density at radius 3 is 1.96 bits per heavy atom. The Bertz CT molecular complexity index is 3000. The Labute approximate surface area is 319 Å². The molecular weight excluding hydrogens is 699 g/mol. The van der Waals surface area contributed by atoms with E-state index in [0.717, 1.165) is 56.7 Å². The van der Waals surface area contributed by atoms with Gasteiger partial charge < -0.3 is 8.83 Å². The van der Waals surface area contributed by atoms with Crippen molar-refractivity contribution in [3.63, 3.8) is 0 Å². The summed E-state index contributed by atoms with van der Waals surface area (Å²) in [6.45, 7) is 0. The van der Waals surface area contributed by atoms with Crippen molar-refractivity contribution in [3.8, 4) is 56.7 Å². The molecule has 0 radical (unpaired) electrons. The van der Waals surface area contributed by atoms with Crippen molar-refractivity contribution >= 4 is 49.7 Å². The third kappa shape index (κ3) is 5.54.